The number of hydrogen-bond acceptors (Lipinski definition) is 6. The Hall–Kier alpha value is -2.87. The van der Waals surface area contributed by atoms with Gasteiger partial charge in [-0.3, -0.25) is 20.4 Å². The van der Waals surface area contributed by atoms with Crippen LogP contribution in [-0.4, -0.2) is 36.9 Å². The first kappa shape index (κ1) is 22.8. The number of thioether (sulfide) groups is 1. The zero-order valence-corrected chi connectivity index (χ0v) is 19.1. The predicted octanol–water partition coefficient (Wildman–Crippen LogP) is 3.67. The third-order valence-electron chi connectivity index (χ3n) is 4.66. The zero-order valence-electron chi connectivity index (χ0n) is 18.2. The van der Waals surface area contributed by atoms with E-state index in [2.05, 4.69) is 16.9 Å². The lowest BCUT2D eigenvalue weighted by Crippen LogP contribution is -2.45. The Morgan fingerprint density at radius 1 is 0.968 bits per heavy atom. The number of nitrogens with one attached hydrogen (secondary N) is 2. The molecular weight excluding hydrogens is 416 g/mol. The van der Waals surface area contributed by atoms with Crippen molar-refractivity contribution in [3.8, 4) is 17.2 Å². The van der Waals surface area contributed by atoms with Crippen LogP contribution in [0.2, 0.25) is 0 Å². The van der Waals surface area contributed by atoms with Crippen molar-refractivity contribution < 1.29 is 23.8 Å². The molecule has 8 heteroatoms. The summed E-state index contributed by atoms with van der Waals surface area (Å²) >= 11 is 1.51. The van der Waals surface area contributed by atoms with Crippen LogP contribution < -0.4 is 25.1 Å². The van der Waals surface area contributed by atoms with Gasteiger partial charge in [0, 0.05) is 10.5 Å². The molecule has 1 atom stereocenters. The number of hydrazine groups is 1. The van der Waals surface area contributed by atoms with E-state index in [1.807, 2.05) is 39.8 Å². The minimum absolute atomic E-state index is 0.242. The van der Waals surface area contributed by atoms with Gasteiger partial charge in [-0.25, -0.2) is 0 Å². The molecule has 7 nitrogen and oxygen atoms in total. The molecule has 1 aliphatic heterocycles. The van der Waals surface area contributed by atoms with Gasteiger partial charge in [-0.1, -0.05) is 17.7 Å². The molecule has 1 heterocycles. The largest absolute Gasteiger partial charge is 0.490 e. The normalized spacial score (nSPS) is 14.5. The summed E-state index contributed by atoms with van der Waals surface area (Å²) in [6.07, 6.45) is 0.633. The van der Waals surface area contributed by atoms with Gasteiger partial charge in [0.1, 0.15) is 0 Å². The van der Waals surface area contributed by atoms with Crippen LogP contribution in [0.5, 0.6) is 17.2 Å². The van der Waals surface area contributed by atoms with E-state index in [1.165, 1.54) is 11.8 Å². The molecule has 0 bridgehead atoms. The highest BCUT2D eigenvalue weighted by molar-refractivity contribution is 8.01. The maximum Gasteiger partial charge on any atom is 0.269 e. The highest BCUT2D eigenvalue weighted by Gasteiger charge is 2.28. The number of hydrogen-bond donors (Lipinski definition) is 2. The molecule has 31 heavy (non-hydrogen) atoms. The minimum atomic E-state index is -0.463. The van der Waals surface area contributed by atoms with E-state index in [-0.39, 0.29) is 11.2 Å². The van der Waals surface area contributed by atoms with Crippen molar-refractivity contribution in [2.45, 2.75) is 44.3 Å². The van der Waals surface area contributed by atoms with Crippen molar-refractivity contribution in [1.29, 1.82) is 0 Å². The molecule has 0 unspecified atom stereocenters. The summed E-state index contributed by atoms with van der Waals surface area (Å²) in [5, 5.41) is -0.282. The van der Waals surface area contributed by atoms with Crippen molar-refractivity contribution >= 4 is 23.6 Å². The number of benzene rings is 2. The second-order valence-corrected chi connectivity index (χ2v) is 8.21. The smallest absolute Gasteiger partial charge is 0.269 e. The molecule has 0 aromatic heterocycles. The molecule has 3 rings (SSSR count). The Balaban J connectivity index is 1.69. The Bertz CT molecular complexity index is 936. The van der Waals surface area contributed by atoms with Crippen LogP contribution in [0, 0.1) is 6.92 Å². The zero-order chi connectivity index (χ0) is 22.4. The first-order valence-electron chi connectivity index (χ1n) is 10.4. The molecule has 166 valence electrons. The number of carbonyl (C=O) groups is 2. The van der Waals surface area contributed by atoms with Crippen LogP contribution in [0.3, 0.4) is 0 Å². The number of carbonyl (C=O) groups excluding carboxylic acids is 2. The van der Waals surface area contributed by atoms with Gasteiger partial charge in [0.15, 0.2) is 11.5 Å². The quantitative estimate of drug-likeness (QED) is 0.605. The van der Waals surface area contributed by atoms with Crippen LogP contribution in [-0.2, 0) is 11.2 Å². The Labute approximate surface area is 186 Å². The number of fused-ring (bicyclic) bond motifs is 1. The second-order valence-electron chi connectivity index (χ2n) is 6.97. The highest BCUT2D eigenvalue weighted by atomic mass is 32.2. The molecule has 2 amide bonds. The topological polar surface area (TPSA) is 85.9 Å². The fourth-order valence-electron chi connectivity index (χ4n) is 3.27. The molecular formula is C23H28N2O5S. The van der Waals surface area contributed by atoms with Crippen LogP contribution >= 0.6 is 11.8 Å². The van der Waals surface area contributed by atoms with Gasteiger partial charge in [-0.05, 0) is 57.9 Å². The number of ether oxygens (including phenoxy) is 3. The van der Waals surface area contributed by atoms with Gasteiger partial charge in [0.05, 0.1) is 25.1 Å². The van der Waals surface area contributed by atoms with E-state index in [4.69, 9.17) is 14.2 Å². The van der Waals surface area contributed by atoms with E-state index < -0.39 is 5.91 Å². The van der Waals surface area contributed by atoms with Gasteiger partial charge >= 0.3 is 0 Å². The summed E-state index contributed by atoms with van der Waals surface area (Å²) in [5.74, 6) is 0.595. The molecule has 0 radical (unpaired) electrons. The van der Waals surface area contributed by atoms with Crippen LogP contribution in [0.25, 0.3) is 0 Å². The maximum atomic E-state index is 12.7. The summed E-state index contributed by atoms with van der Waals surface area (Å²) in [5.41, 5.74) is 7.65. The van der Waals surface area contributed by atoms with E-state index in [0.717, 1.165) is 16.0 Å². The Morgan fingerprint density at radius 3 is 2.23 bits per heavy atom. The maximum absolute atomic E-state index is 12.7. The summed E-state index contributed by atoms with van der Waals surface area (Å²) in [6, 6.07) is 9.34. The van der Waals surface area contributed by atoms with Crippen molar-refractivity contribution in [3.05, 3.63) is 47.0 Å². The fourth-order valence-corrected chi connectivity index (χ4v) is 4.56. The van der Waals surface area contributed by atoms with Gasteiger partial charge in [0.25, 0.3) is 11.8 Å². The SMILES string of the molecule is CCOc1cc(C(=O)NNC(=O)[C@@H]2Cc3ccc(C)cc3S2)cc(OCC)c1OCC. The number of rotatable bonds is 8. The Morgan fingerprint density at radius 2 is 1.61 bits per heavy atom. The molecule has 0 saturated carbocycles. The Kier molecular flexibility index (Phi) is 7.68. The van der Waals surface area contributed by atoms with E-state index >= 15 is 0 Å². The van der Waals surface area contributed by atoms with Gasteiger partial charge < -0.3 is 14.2 Å². The lowest BCUT2D eigenvalue weighted by atomic mass is 10.1. The summed E-state index contributed by atoms with van der Waals surface area (Å²) in [7, 11) is 0. The first-order valence-corrected chi connectivity index (χ1v) is 11.3. The summed E-state index contributed by atoms with van der Waals surface area (Å²) < 4.78 is 16.9. The second kappa shape index (κ2) is 10.4. The monoisotopic (exact) mass is 444 g/mol. The molecule has 0 saturated heterocycles. The predicted molar refractivity (Wildman–Crippen MR) is 120 cm³/mol. The molecule has 2 aromatic carbocycles. The number of aryl methyl sites for hydroxylation is 1. The summed E-state index contributed by atoms with van der Waals surface area (Å²) in [4.78, 5) is 26.4. The lowest BCUT2D eigenvalue weighted by Gasteiger charge is -2.17. The fraction of sp³-hybridized carbons (Fsp3) is 0.391. The van der Waals surface area contributed by atoms with Crippen molar-refractivity contribution in [2.24, 2.45) is 0 Å². The highest BCUT2D eigenvalue weighted by Crippen LogP contribution is 2.39. The lowest BCUT2D eigenvalue weighted by molar-refractivity contribution is -0.121. The van der Waals surface area contributed by atoms with Crippen molar-refractivity contribution in [1.82, 2.24) is 10.9 Å². The molecule has 1 aliphatic rings. The average Bonchev–Trinajstić information content (AvgIpc) is 3.17. The van der Waals surface area contributed by atoms with Crippen LogP contribution in [0.1, 0.15) is 42.3 Å². The van der Waals surface area contributed by atoms with E-state index in [0.29, 0.717) is 49.1 Å². The van der Waals surface area contributed by atoms with Crippen molar-refractivity contribution in [3.63, 3.8) is 0 Å². The van der Waals surface area contributed by atoms with E-state index in [1.54, 1.807) is 12.1 Å². The van der Waals surface area contributed by atoms with Crippen molar-refractivity contribution in [2.75, 3.05) is 19.8 Å². The molecule has 0 aliphatic carbocycles. The summed E-state index contributed by atoms with van der Waals surface area (Å²) in [6.45, 7) is 8.84. The molecule has 2 aromatic rings. The standard InChI is InChI=1S/C23H28N2O5S/c1-5-28-17-11-16(12-18(29-6-2)21(17)30-7-3)22(26)24-25-23(27)20-13-15-9-8-14(4)10-19(15)31-20/h8-12,20H,5-7,13H2,1-4H3,(H,24,26)(H,25,27)/t20-/m0/s1. The molecule has 2 N–H and O–H groups in total. The minimum Gasteiger partial charge on any atom is -0.490 e. The third kappa shape index (κ3) is 5.44. The van der Waals surface area contributed by atoms with Crippen LogP contribution in [0.4, 0.5) is 0 Å². The van der Waals surface area contributed by atoms with Gasteiger partial charge in [0.2, 0.25) is 5.75 Å². The van der Waals surface area contributed by atoms with E-state index in [9.17, 15) is 9.59 Å². The van der Waals surface area contributed by atoms with Gasteiger partial charge in [-0.2, -0.15) is 0 Å². The first-order chi connectivity index (χ1) is 15.0. The van der Waals surface area contributed by atoms with Crippen LogP contribution in [0.15, 0.2) is 35.2 Å². The molecule has 0 fully saturated rings. The third-order valence-corrected chi connectivity index (χ3v) is 5.96. The van der Waals surface area contributed by atoms with Gasteiger partial charge in [-0.15, -0.1) is 11.8 Å². The average molecular weight is 445 g/mol. The number of amides is 2. The molecule has 0 spiro atoms.